The van der Waals surface area contributed by atoms with Gasteiger partial charge in [-0.1, -0.05) is 140 Å². The van der Waals surface area contributed by atoms with Gasteiger partial charge in [-0.05, 0) is 46.5 Å². The van der Waals surface area contributed by atoms with E-state index < -0.39 is 7.11 Å². The van der Waals surface area contributed by atoms with Crippen LogP contribution in [0.5, 0.6) is 5.75 Å². The van der Waals surface area contributed by atoms with Gasteiger partial charge < -0.3 is 4.52 Å². The molecule has 0 bridgehead atoms. The summed E-state index contributed by atoms with van der Waals surface area (Å²) in [5.41, 5.74) is 4.72. The second-order valence-electron chi connectivity index (χ2n) is 8.96. The lowest BCUT2D eigenvalue weighted by Crippen LogP contribution is -2.21. The van der Waals surface area contributed by atoms with E-state index in [-0.39, 0.29) is 0 Å². The van der Waals surface area contributed by atoms with Crippen molar-refractivity contribution in [2.45, 2.75) is 0 Å². The zero-order valence-corrected chi connectivity index (χ0v) is 21.3. The first kappa shape index (κ1) is 23.1. The zero-order valence-electron chi connectivity index (χ0n) is 20.4. The van der Waals surface area contributed by atoms with E-state index in [1.807, 2.05) is 18.2 Å². The van der Waals surface area contributed by atoms with Gasteiger partial charge in [0.05, 0.1) is 0 Å². The van der Waals surface area contributed by atoms with Gasteiger partial charge in [0, 0.05) is 15.9 Å². The highest BCUT2D eigenvalue weighted by Crippen LogP contribution is 2.64. The molecule has 0 amide bonds. The van der Waals surface area contributed by atoms with Crippen molar-refractivity contribution in [2.24, 2.45) is 0 Å². The van der Waals surface area contributed by atoms with Gasteiger partial charge in [0.2, 0.25) is 0 Å². The Labute approximate surface area is 219 Å². The first-order valence-corrected chi connectivity index (χ1v) is 14.2. The lowest BCUT2D eigenvalue weighted by molar-refractivity contribution is 0.626. The van der Waals surface area contributed by atoms with Crippen molar-refractivity contribution in [3.63, 3.8) is 0 Å². The van der Waals surface area contributed by atoms with Crippen molar-refractivity contribution in [1.82, 2.24) is 0 Å². The van der Waals surface area contributed by atoms with E-state index in [0.717, 1.165) is 5.75 Å². The van der Waals surface area contributed by atoms with Crippen LogP contribution in [0.3, 0.4) is 0 Å². The van der Waals surface area contributed by atoms with Crippen LogP contribution < -0.4 is 9.83 Å². The van der Waals surface area contributed by atoms with Gasteiger partial charge in [0.1, 0.15) is 12.9 Å². The number of para-hydroxylation sites is 1. The van der Waals surface area contributed by atoms with Crippen molar-refractivity contribution in [3.8, 4) is 5.75 Å². The van der Waals surface area contributed by atoms with Crippen LogP contribution in [-0.2, 0) is 0 Å². The molecule has 37 heavy (non-hydrogen) atoms. The summed E-state index contributed by atoms with van der Waals surface area (Å²) in [6.07, 6.45) is 4.70. The predicted octanol–water partition coefficient (Wildman–Crippen LogP) is 8.68. The Morgan fingerprint density at radius 2 is 0.865 bits per heavy atom. The van der Waals surface area contributed by atoms with Gasteiger partial charge in [-0.15, -0.1) is 0 Å². The second-order valence-corrected chi connectivity index (χ2v) is 11.8. The molecule has 0 N–H and O–H groups in total. The Balaban J connectivity index is 1.78. The largest absolute Gasteiger partial charge is 0.468 e. The van der Waals surface area contributed by atoms with Gasteiger partial charge in [-0.2, -0.15) is 0 Å². The third kappa shape index (κ3) is 4.51. The monoisotopic (exact) mass is 494 g/mol. The fourth-order valence-electron chi connectivity index (χ4n) is 4.90. The minimum atomic E-state index is -2.59. The summed E-state index contributed by atoms with van der Waals surface area (Å²) in [5.74, 6) is 0.867. The summed E-state index contributed by atoms with van der Waals surface area (Å²) in [6.45, 7) is 0. The van der Waals surface area contributed by atoms with Crippen LogP contribution in [0, 0.1) is 0 Å². The second kappa shape index (κ2) is 10.3. The number of hydrogen-bond acceptors (Lipinski definition) is 1. The molecule has 0 aromatic heterocycles. The summed E-state index contributed by atoms with van der Waals surface area (Å²) in [7, 11) is -2.59. The van der Waals surface area contributed by atoms with Crippen LogP contribution in [0.2, 0.25) is 0 Å². The standard InChI is InChI=1S/C35H27OP/c1-6-16-28(17-7-1)31-26-34(29-18-8-2-9-19-29)37(33-24-14-5-15-25-33,36-32-22-12-4-13-23-32)35(27-31)30-20-10-3-11-21-30/h1-27H. The first-order valence-electron chi connectivity index (χ1n) is 12.5. The van der Waals surface area contributed by atoms with Gasteiger partial charge in [-0.25, -0.2) is 0 Å². The normalized spacial score (nSPS) is 17.0. The Morgan fingerprint density at radius 1 is 0.405 bits per heavy atom. The number of benzene rings is 5. The van der Waals surface area contributed by atoms with Crippen LogP contribution in [0.15, 0.2) is 164 Å². The third-order valence-corrected chi connectivity index (χ3v) is 10.3. The van der Waals surface area contributed by atoms with E-state index >= 15 is 0 Å². The summed E-state index contributed by atoms with van der Waals surface area (Å²) in [5, 5.41) is 3.61. The molecule has 2 heteroatoms. The third-order valence-electron chi connectivity index (χ3n) is 6.61. The molecular formula is C35H27OP. The molecule has 0 saturated carbocycles. The minimum absolute atomic E-state index is 0.867. The van der Waals surface area contributed by atoms with Crippen molar-refractivity contribution < 1.29 is 4.52 Å². The lowest BCUT2D eigenvalue weighted by Gasteiger charge is -2.36. The minimum Gasteiger partial charge on any atom is -0.468 e. The smallest absolute Gasteiger partial charge is 0.124 e. The SMILES string of the molecule is C1=C(c2ccccc2)C=C(c2ccccc2)P(Oc2ccccc2)(c2ccccc2)=C1c1ccccc1. The molecule has 0 fully saturated rings. The molecule has 1 unspecified atom stereocenters. The molecule has 178 valence electrons. The molecule has 5 aromatic rings. The highest BCUT2D eigenvalue weighted by molar-refractivity contribution is 7.88. The first-order chi connectivity index (χ1) is 18.3. The van der Waals surface area contributed by atoms with Crippen LogP contribution in [0.1, 0.15) is 16.7 Å². The Bertz CT molecular complexity index is 1600. The van der Waals surface area contributed by atoms with Crippen LogP contribution >= 0.6 is 7.11 Å². The van der Waals surface area contributed by atoms with Crippen molar-refractivity contribution in [2.75, 3.05) is 0 Å². The summed E-state index contributed by atoms with van der Waals surface area (Å²) in [4.78, 5) is 0. The number of allylic oxidation sites excluding steroid dienone is 3. The van der Waals surface area contributed by atoms with Gasteiger partial charge in [0.15, 0.2) is 0 Å². The molecule has 1 nitrogen and oxygen atoms in total. The van der Waals surface area contributed by atoms with Gasteiger partial charge >= 0.3 is 0 Å². The number of rotatable bonds is 6. The summed E-state index contributed by atoms with van der Waals surface area (Å²) < 4.78 is 7.31. The lowest BCUT2D eigenvalue weighted by atomic mass is 10.0. The maximum absolute atomic E-state index is 7.31. The average molecular weight is 495 g/mol. The molecule has 6 rings (SSSR count). The average Bonchev–Trinajstić information content (AvgIpc) is 2.99. The topological polar surface area (TPSA) is 9.23 Å². The van der Waals surface area contributed by atoms with E-state index in [1.165, 1.54) is 38.2 Å². The van der Waals surface area contributed by atoms with Gasteiger partial charge in [-0.3, -0.25) is 0 Å². The van der Waals surface area contributed by atoms with E-state index in [0.29, 0.717) is 0 Å². The quantitative estimate of drug-likeness (QED) is 0.215. The molecule has 1 heterocycles. The molecule has 1 aliphatic rings. The van der Waals surface area contributed by atoms with Crippen molar-refractivity contribution in [1.29, 1.82) is 0 Å². The highest BCUT2D eigenvalue weighted by atomic mass is 31.2. The summed E-state index contributed by atoms with van der Waals surface area (Å²) in [6, 6.07) is 53.0. The van der Waals surface area contributed by atoms with Crippen LogP contribution in [0.25, 0.3) is 10.9 Å². The molecule has 0 radical (unpaired) electrons. The fourth-order valence-corrected chi connectivity index (χ4v) is 8.71. The molecule has 0 spiro atoms. The molecule has 1 aliphatic heterocycles. The van der Waals surface area contributed by atoms with E-state index in [1.54, 1.807) is 0 Å². The molecule has 0 saturated heterocycles. The predicted molar refractivity (Wildman–Crippen MR) is 159 cm³/mol. The maximum atomic E-state index is 7.31. The zero-order chi connectivity index (χ0) is 24.9. The van der Waals surface area contributed by atoms with E-state index in [4.69, 9.17) is 4.52 Å². The fraction of sp³-hybridized carbons (Fsp3) is 0. The van der Waals surface area contributed by atoms with Crippen molar-refractivity contribution in [3.05, 3.63) is 181 Å². The molecular weight excluding hydrogens is 467 g/mol. The van der Waals surface area contributed by atoms with Crippen LogP contribution in [0.4, 0.5) is 0 Å². The molecule has 1 atom stereocenters. The van der Waals surface area contributed by atoms with E-state index in [2.05, 4.69) is 146 Å². The molecule has 5 aromatic carbocycles. The van der Waals surface area contributed by atoms with Gasteiger partial charge in [0.25, 0.3) is 0 Å². The Hall–Kier alpha value is -4.32. The Kier molecular flexibility index (Phi) is 6.46. The summed E-state index contributed by atoms with van der Waals surface area (Å²) >= 11 is 0. The highest BCUT2D eigenvalue weighted by Gasteiger charge is 2.36. The maximum Gasteiger partial charge on any atom is 0.124 e. The number of hydrogen-bond donors (Lipinski definition) is 0. The Morgan fingerprint density at radius 3 is 1.43 bits per heavy atom. The van der Waals surface area contributed by atoms with E-state index in [9.17, 15) is 0 Å². The van der Waals surface area contributed by atoms with Crippen LogP contribution in [-0.4, -0.2) is 5.29 Å². The molecule has 0 aliphatic carbocycles. The van der Waals surface area contributed by atoms with Crippen molar-refractivity contribution >= 4 is 28.6 Å².